The Morgan fingerprint density at radius 3 is 2.80 bits per heavy atom. The fourth-order valence-corrected chi connectivity index (χ4v) is 3.92. The number of aromatic nitrogens is 4. The Morgan fingerprint density at radius 2 is 2.00 bits per heavy atom. The van der Waals surface area contributed by atoms with Crippen molar-refractivity contribution in [2.45, 2.75) is 19.4 Å². The van der Waals surface area contributed by atoms with Gasteiger partial charge in [0.05, 0.1) is 5.69 Å². The van der Waals surface area contributed by atoms with E-state index in [9.17, 15) is 9.59 Å². The Kier molecular flexibility index (Phi) is 6.14. The van der Waals surface area contributed by atoms with E-state index in [2.05, 4.69) is 15.4 Å². The molecule has 3 aromatic heterocycles. The fourth-order valence-electron chi connectivity index (χ4n) is 3.17. The van der Waals surface area contributed by atoms with Crippen LogP contribution in [0.15, 0.2) is 77.3 Å². The maximum Gasteiger partial charge on any atom is 0.313 e. The molecule has 4 rings (SSSR count). The molecule has 0 aliphatic heterocycles. The van der Waals surface area contributed by atoms with Crippen molar-refractivity contribution in [3.63, 3.8) is 0 Å². The number of benzene rings is 1. The average Bonchev–Trinajstić information content (AvgIpc) is 3.44. The Hall–Kier alpha value is -3.52. The molecule has 7 nitrogen and oxygen atoms in total. The summed E-state index contributed by atoms with van der Waals surface area (Å²) in [5, 5.41) is 8.92. The molecule has 152 valence electrons. The zero-order valence-electron chi connectivity index (χ0n) is 16.3. The van der Waals surface area contributed by atoms with E-state index in [4.69, 9.17) is 0 Å². The van der Waals surface area contributed by atoms with Crippen molar-refractivity contribution in [1.29, 1.82) is 0 Å². The lowest BCUT2D eigenvalue weighted by atomic mass is 10.1. The minimum absolute atomic E-state index is 0.115. The SMILES string of the molecule is O=C(NCCCCn1cccn1)c1cccc(-c2csc(=O)n2-c2ccccn2)c1. The summed E-state index contributed by atoms with van der Waals surface area (Å²) < 4.78 is 3.45. The highest BCUT2D eigenvalue weighted by Crippen LogP contribution is 2.23. The first-order chi connectivity index (χ1) is 14.7. The number of unbranched alkanes of at least 4 members (excludes halogenated alkanes) is 1. The smallest absolute Gasteiger partial charge is 0.313 e. The number of pyridine rings is 1. The van der Waals surface area contributed by atoms with Crippen LogP contribution in [-0.4, -0.2) is 31.8 Å². The zero-order chi connectivity index (χ0) is 20.8. The molecule has 1 amide bonds. The van der Waals surface area contributed by atoms with Gasteiger partial charge < -0.3 is 5.32 Å². The molecular weight excluding hydrogens is 398 g/mol. The Bertz CT molecular complexity index is 1170. The van der Waals surface area contributed by atoms with Crippen LogP contribution in [0.5, 0.6) is 0 Å². The molecule has 4 aromatic rings. The van der Waals surface area contributed by atoms with Crippen molar-refractivity contribution >= 4 is 17.2 Å². The predicted molar refractivity (Wildman–Crippen MR) is 117 cm³/mol. The normalized spacial score (nSPS) is 10.8. The molecule has 0 saturated heterocycles. The van der Waals surface area contributed by atoms with Gasteiger partial charge in [0.2, 0.25) is 0 Å². The van der Waals surface area contributed by atoms with Crippen LogP contribution < -0.4 is 10.2 Å². The van der Waals surface area contributed by atoms with E-state index in [0.29, 0.717) is 17.9 Å². The van der Waals surface area contributed by atoms with Crippen LogP contribution in [0.3, 0.4) is 0 Å². The van der Waals surface area contributed by atoms with E-state index in [0.717, 1.165) is 42.0 Å². The largest absolute Gasteiger partial charge is 0.352 e. The number of nitrogens with zero attached hydrogens (tertiary/aromatic N) is 4. The summed E-state index contributed by atoms with van der Waals surface area (Å²) in [6.07, 6.45) is 7.15. The molecule has 3 heterocycles. The third-order valence-electron chi connectivity index (χ3n) is 4.65. The number of thiazole rings is 1. The van der Waals surface area contributed by atoms with E-state index in [1.165, 1.54) is 0 Å². The molecule has 0 fully saturated rings. The van der Waals surface area contributed by atoms with Gasteiger partial charge in [-0.05, 0) is 43.2 Å². The van der Waals surface area contributed by atoms with Crippen LogP contribution >= 0.6 is 11.3 Å². The number of rotatable bonds is 8. The van der Waals surface area contributed by atoms with E-state index < -0.39 is 0 Å². The maximum atomic E-state index is 12.6. The molecule has 0 bridgehead atoms. The highest BCUT2D eigenvalue weighted by atomic mass is 32.1. The number of nitrogens with one attached hydrogen (secondary N) is 1. The van der Waals surface area contributed by atoms with E-state index in [1.54, 1.807) is 46.6 Å². The van der Waals surface area contributed by atoms with Crippen molar-refractivity contribution in [3.8, 4) is 17.1 Å². The first-order valence-corrected chi connectivity index (χ1v) is 10.6. The van der Waals surface area contributed by atoms with Crippen LogP contribution in [0.25, 0.3) is 17.1 Å². The lowest BCUT2D eigenvalue weighted by Gasteiger charge is -2.09. The van der Waals surface area contributed by atoms with Gasteiger partial charge in [0.1, 0.15) is 5.82 Å². The second-order valence-electron chi connectivity index (χ2n) is 6.72. The molecule has 30 heavy (non-hydrogen) atoms. The maximum absolute atomic E-state index is 12.6. The molecule has 0 atom stereocenters. The van der Waals surface area contributed by atoms with Crippen LogP contribution in [0.4, 0.5) is 0 Å². The second kappa shape index (κ2) is 9.32. The van der Waals surface area contributed by atoms with E-state index in [-0.39, 0.29) is 10.8 Å². The minimum Gasteiger partial charge on any atom is -0.352 e. The summed E-state index contributed by atoms with van der Waals surface area (Å²) >= 11 is 1.11. The van der Waals surface area contributed by atoms with Crippen molar-refractivity contribution in [2.24, 2.45) is 0 Å². The molecule has 0 saturated carbocycles. The Morgan fingerprint density at radius 1 is 1.07 bits per heavy atom. The highest BCUT2D eigenvalue weighted by molar-refractivity contribution is 7.07. The molecule has 0 spiro atoms. The predicted octanol–water partition coefficient (Wildman–Crippen LogP) is 3.37. The van der Waals surface area contributed by atoms with Gasteiger partial charge in [0.15, 0.2) is 0 Å². The fraction of sp³-hybridized carbons (Fsp3) is 0.182. The molecule has 1 aromatic carbocycles. The molecule has 0 unspecified atom stereocenters. The van der Waals surface area contributed by atoms with E-state index >= 15 is 0 Å². The molecule has 1 N–H and O–H groups in total. The van der Waals surface area contributed by atoms with E-state index in [1.807, 2.05) is 35.1 Å². The number of carbonyl (C=O) groups is 1. The Labute approximate surface area is 177 Å². The second-order valence-corrected chi connectivity index (χ2v) is 7.54. The lowest BCUT2D eigenvalue weighted by molar-refractivity contribution is 0.0953. The average molecular weight is 420 g/mol. The number of amides is 1. The summed E-state index contributed by atoms with van der Waals surface area (Å²) in [5.41, 5.74) is 2.08. The molecule has 8 heteroatoms. The van der Waals surface area contributed by atoms with Crippen molar-refractivity contribution in [1.82, 2.24) is 24.6 Å². The topological polar surface area (TPSA) is 81.8 Å². The third kappa shape index (κ3) is 4.55. The zero-order valence-corrected chi connectivity index (χ0v) is 17.1. The standard InChI is InChI=1S/C22H21N5O2S/c28-21(24-11-3-4-13-26-14-6-12-25-26)18-8-5-7-17(15-18)19-16-30-22(29)27(19)20-9-1-2-10-23-20/h1-2,5-10,12,14-16H,3-4,11,13H2,(H,24,28). The van der Waals surface area contributed by atoms with Crippen molar-refractivity contribution in [2.75, 3.05) is 6.54 Å². The van der Waals surface area contributed by atoms with Crippen molar-refractivity contribution < 1.29 is 4.79 Å². The number of aryl methyl sites for hydroxylation is 1. The van der Waals surface area contributed by atoms with Crippen LogP contribution in [0.1, 0.15) is 23.2 Å². The number of carbonyl (C=O) groups excluding carboxylic acids is 1. The minimum atomic E-state index is -0.127. The van der Waals surface area contributed by atoms with Crippen LogP contribution in [0, 0.1) is 0 Å². The van der Waals surface area contributed by atoms with Gasteiger partial charge in [-0.15, -0.1) is 0 Å². The quantitative estimate of drug-likeness (QED) is 0.444. The molecule has 0 radical (unpaired) electrons. The van der Waals surface area contributed by atoms with Gasteiger partial charge in [0, 0.05) is 48.2 Å². The summed E-state index contributed by atoms with van der Waals surface area (Å²) in [6, 6.07) is 14.6. The monoisotopic (exact) mass is 419 g/mol. The molecule has 0 aliphatic rings. The van der Waals surface area contributed by atoms with Crippen molar-refractivity contribution in [3.05, 3.63) is 87.7 Å². The van der Waals surface area contributed by atoms with Gasteiger partial charge in [0.25, 0.3) is 5.91 Å². The van der Waals surface area contributed by atoms with Crippen LogP contribution in [-0.2, 0) is 6.54 Å². The third-order valence-corrected chi connectivity index (χ3v) is 5.38. The number of hydrogen-bond donors (Lipinski definition) is 1. The van der Waals surface area contributed by atoms with Crippen LogP contribution in [0.2, 0.25) is 0 Å². The number of hydrogen-bond acceptors (Lipinski definition) is 5. The lowest BCUT2D eigenvalue weighted by Crippen LogP contribution is -2.24. The van der Waals surface area contributed by atoms with Gasteiger partial charge in [-0.25, -0.2) is 4.98 Å². The molecular formula is C22H21N5O2S. The van der Waals surface area contributed by atoms with Gasteiger partial charge in [-0.1, -0.05) is 29.5 Å². The first-order valence-electron chi connectivity index (χ1n) is 9.70. The first kappa shape index (κ1) is 19.8. The highest BCUT2D eigenvalue weighted by Gasteiger charge is 2.13. The van der Waals surface area contributed by atoms with Gasteiger partial charge >= 0.3 is 4.87 Å². The molecule has 0 aliphatic carbocycles. The summed E-state index contributed by atoms with van der Waals surface area (Å²) in [6.45, 7) is 1.43. The van der Waals surface area contributed by atoms with Gasteiger partial charge in [-0.2, -0.15) is 5.10 Å². The summed E-state index contributed by atoms with van der Waals surface area (Å²) in [5.74, 6) is 0.434. The summed E-state index contributed by atoms with van der Waals surface area (Å²) in [4.78, 5) is 29.1. The Balaban J connectivity index is 1.43. The van der Waals surface area contributed by atoms with Gasteiger partial charge in [-0.3, -0.25) is 18.8 Å². The summed E-state index contributed by atoms with van der Waals surface area (Å²) in [7, 11) is 0.